The van der Waals surface area contributed by atoms with Gasteiger partial charge in [-0.15, -0.1) is 11.8 Å². The Morgan fingerprint density at radius 1 is 1.26 bits per heavy atom. The minimum Gasteiger partial charge on any atom is -0.508 e. The van der Waals surface area contributed by atoms with Crippen LogP contribution < -0.4 is 0 Å². The molecule has 1 aliphatic rings. The largest absolute Gasteiger partial charge is 0.508 e. The summed E-state index contributed by atoms with van der Waals surface area (Å²) in [5.41, 5.74) is 1.69. The van der Waals surface area contributed by atoms with E-state index < -0.39 is 12.0 Å². The number of phenols is 1. The maximum absolute atomic E-state index is 11.6. The molecule has 1 aliphatic heterocycles. The van der Waals surface area contributed by atoms with Crippen LogP contribution in [0.1, 0.15) is 16.5 Å². The second kappa shape index (κ2) is 6.83. The fraction of sp³-hybridized carbons (Fsp3) is 0.235. The summed E-state index contributed by atoms with van der Waals surface area (Å²) >= 11 is 7.65. The Bertz CT molecular complexity index is 724. The Morgan fingerprint density at radius 2 is 2.04 bits per heavy atom. The maximum atomic E-state index is 11.6. The molecule has 23 heavy (non-hydrogen) atoms. The molecular weight excluding hydrogens is 334 g/mol. The van der Waals surface area contributed by atoms with Crippen LogP contribution in [-0.4, -0.2) is 32.9 Å². The van der Waals surface area contributed by atoms with E-state index in [2.05, 4.69) is 0 Å². The molecule has 2 unspecified atom stereocenters. The SMILES string of the molecule is O=C(O)C1CSC(c2cccc(Cl)c2)N1Cc1ccccc1O. The molecule has 0 amide bonds. The molecule has 1 saturated heterocycles. The number of rotatable bonds is 4. The predicted molar refractivity (Wildman–Crippen MR) is 91.7 cm³/mol. The molecule has 0 radical (unpaired) electrons. The lowest BCUT2D eigenvalue weighted by Crippen LogP contribution is -2.38. The van der Waals surface area contributed by atoms with Gasteiger partial charge in [-0.05, 0) is 23.8 Å². The molecule has 0 bridgehead atoms. The Morgan fingerprint density at radius 3 is 2.74 bits per heavy atom. The van der Waals surface area contributed by atoms with Crippen LogP contribution in [0.2, 0.25) is 5.02 Å². The fourth-order valence-corrected chi connectivity index (χ4v) is 4.38. The number of benzene rings is 2. The van der Waals surface area contributed by atoms with Crippen LogP contribution in [0.15, 0.2) is 48.5 Å². The van der Waals surface area contributed by atoms with Gasteiger partial charge in [0.05, 0.1) is 5.37 Å². The monoisotopic (exact) mass is 349 g/mol. The Balaban J connectivity index is 1.93. The number of halogens is 1. The van der Waals surface area contributed by atoms with Crippen molar-refractivity contribution in [3.63, 3.8) is 0 Å². The van der Waals surface area contributed by atoms with Gasteiger partial charge in [0.2, 0.25) is 0 Å². The minimum absolute atomic E-state index is 0.102. The van der Waals surface area contributed by atoms with Crippen molar-refractivity contribution in [3.8, 4) is 5.75 Å². The number of aromatic hydroxyl groups is 1. The molecule has 1 fully saturated rings. The zero-order valence-corrected chi connectivity index (χ0v) is 13.8. The van der Waals surface area contributed by atoms with E-state index in [0.717, 1.165) is 5.56 Å². The van der Waals surface area contributed by atoms with Crippen molar-refractivity contribution in [2.45, 2.75) is 18.0 Å². The van der Waals surface area contributed by atoms with Gasteiger partial charge in [-0.3, -0.25) is 9.69 Å². The van der Waals surface area contributed by atoms with Crippen LogP contribution in [0, 0.1) is 0 Å². The van der Waals surface area contributed by atoms with E-state index in [1.165, 1.54) is 0 Å². The molecular formula is C17H16ClNO3S. The lowest BCUT2D eigenvalue weighted by molar-refractivity contribution is -0.142. The third-order valence-electron chi connectivity index (χ3n) is 3.88. The average Bonchev–Trinajstić information content (AvgIpc) is 2.93. The van der Waals surface area contributed by atoms with Crippen molar-refractivity contribution >= 4 is 29.3 Å². The van der Waals surface area contributed by atoms with Crippen LogP contribution in [0.4, 0.5) is 0 Å². The van der Waals surface area contributed by atoms with Crippen molar-refractivity contribution in [2.75, 3.05) is 5.75 Å². The minimum atomic E-state index is -0.850. The molecule has 0 aliphatic carbocycles. The van der Waals surface area contributed by atoms with Crippen LogP contribution >= 0.6 is 23.4 Å². The van der Waals surface area contributed by atoms with Gasteiger partial charge in [0.25, 0.3) is 0 Å². The molecule has 6 heteroatoms. The first-order valence-electron chi connectivity index (χ1n) is 7.19. The van der Waals surface area contributed by atoms with Crippen molar-refractivity contribution < 1.29 is 15.0 Å². The number of aliphatic carboxylic acids is 1. The first kappa shape index (κ1) is 16.2. The summed E-state index contributed by atoms with van der Waals surface area (Å²) < 4.78 is 0. The summed E-state index contributed by atoms with van der Waals surface area (Å²) in [6, 6.07) is 13.9. The van der Waals surface area contributed by atoms with Gasteiger partial charge in [0.15, 0.2) is 0 Å². The molecule has 3 rings (SSSR count). The number of carbonyl (C=O) groups is 1. The molecule has 0 spiro atoms. The second-order valence-electron chi connectivity index (χ2n) is 5.40. The van der Waals surface area contributed by atoms with E-state index in [1.807, 2.05) is 35.2 Å². The summed E-state index contributed by atoms with van der Waals surface area (Å²) in [7, 11) is 0. The first-order chi connectivity index (χ1) is 11.1. The first-order valence-corrected chi connectivity index (χ1v) is 8.61. The van der Waals surface area contributed by atoms with E-state index in [0.29, 0.717) is 22.9 Å². The molecule has 1 heterocycles. The van der Waals surface area contributed by atoms with Gasteiger partial charge in [-0.25, -0.2) is 0 Å². The zero-order chi connectivity index (χ0) is 16.4. The quantitative estimate of drug-likeness (QED) is 0.880. The van der Waals surface area contributed by atoms with Crippen LogP contribution in [-0.2, 0) is 11.3 Å². The molecule has 2 N–H and O–H groups in total. The number of hydrogen-bond acceptors (Lipinski definition) is 4. The number of thioether (sulfide) groups is 1. The molecule has 4 nitrogen and oxygen atoms in total. The Kier molecular flexibility index (Phi) is 4.80. The summed E-state index contributed by atoms with van der Waals surface area (Å²) in [6.07, 6.45) is 0. The topological polar surface area (TPSA) is 60.8 Å². The highest BCUT2D eigenvalue weighted by Gasteiger charge is 2.39. The molecule has 0 saturated carbocycles. The van der Waals surface area contributed by atoms with Crippen molar-refractivity contribution in [2.24, 2.45) is 0 Å². The maximum Gasteiger partial charge on any atom is 0.321 e. The predicted octanol–water partition coefficient (Wildman–Crippen LogP) is 3.75. The number of phenolic OH excluding ortho intramolecular Hbond substituents is 1. The molecule has 0 aromatic heterocycles. The van der Waals surface area contributed by atoms with Crippen LogP contribution in [0.25, 0.3) is 0 Å². The van der Waals surface area contributed by atoms with Gasteiger partial charge in [-0.1, -0.05) is 41.9 Å². The number of carboxylic acid groups (broad SMARTS) is 1. The van der Waals surface area contributed by atoms with Crippen LogP contribution in [0.3, 0.4) is 0 Å². The third kappa shape index (κ3) is 3.47. The standard InChI is InChI=1S/C17H16ClNO3S/c18-13-6-3-5-11(8-13)16-19(14(10-23-16)17(21)22)9-12-4-1-2-7-15(12)20/h1-8,14,16,20H,9-10H2,(H,21,22). The van der Waals surface area contributed by atoms with Crippen molar-refractivity contribution in [3.05, 3.63) is 64.7 Å². The third-order valence-corrected chi connectivity index (χ3v) is 5.48. The second-order valence-corrected chi connectivity index (χ2v) is 6.95. The molecule has 2 aromatic carbocycles. The fourth-order valence-electron chi connectivity index (χ4n) is 2.73. The Hall–Kier alpha value is -1.69. The molecule has 120 valence electrons. The summed E-state index contributed by atoms with van der Waals surface area (Å²) in [5.74, 6) is -0.170. The normalized spacial score (nSPS) is 21.4. The highest BCUT2D eigenvalue weighted by Crippen LogP contribution is 2.43. The van der Waals surface area contributed by atoms with E-state index >= 15 is 0 Å². The zero-order valence-electron chi connectivity index (χ0n) is 12.2. The van der Waals surface area contributed by atoms with E-state index in [9.17, 15) is 15.0 Å². The van der Waals surface area contributed by atoms with Crippen molar-refractivity contribution in [1.82, 2.24) is 4.90 Å². The number of para-hydroxylation sites is 1. The summed E-state index contributed by atoms with van der Waals surface area (Å²) in [6.45, 7) is 0.369. The van der Waals surface area contributed by atoms with E-state index in [4.69, 9.17) is 11.6 Å². The van der Waals surface area contributed by atoms with Crippen LogP contribution in [0.5, 0.6) is 5.75 Å². The highest BCUT2D eigenvalue weighted by atomic mass is 35.5. The van der Waals surface area contributed by atoms with Crippen molar-refractivity contribution in [1.29, 1.82) is 0 Å². The number of hydrogen-bond donors (Lipinski definition) is 2. The number of nitrogens with zero attached hydrogens (tertiary/aromatic N) is 1. The van der Waals surface area contributed by atoms with Gasteiger partial charge < -0.3 is 10.2 Å². The Labute approximate surface area is 143 Å². The number of carboxylic acids is 1. The van der Waals surface area contributed by atoms with E-state index in [-0.39, 0.29) is 11.1 Å². The molecule has 2 atom stereocenters. The summed E-state index contributed by atoms with van der Waals surface area (Å²) in [5, 5.41) is 20.0. The smallest absolute Gasteiger partial charge is 0.321 e. The van der Waals surface area contributed by atoms with E-state index in [1.54, 1.807) is 30.0 Å². The van der Waals surface area contributed by atoms with Gasteiger partial charge in [0, 0.05) is 22.9 Å². The lowest BCUT2D eigenvalue weighted by Gasteiger charge is -2.27. The highest BCUT2D eigenvalue weighted by molar-refractivity contribution is 7.99. The summed E-state index contributed by atoms with van der Waals surface area (Å²) in [4.78, 5) is 13.5. The average molecular weight is 350 g/mol. The van der Waals surface area contributed by atoms with Gasteiger partial charge in [-0.2, -0.15) is 0 Å². The molecule has 2 aromatic rings. The van der Waals surface area contributed by atoms with Gasteiger partial charge in [0.1, 0.15) is 11.8 Å². The lowest BCUT2D eigenvalue weighted by atomic mass is 10.1. The van der Waals surface area contributed by atoms with Gasteiger partial charge >= 0.3 is 5.97 Å².